The van der Waals surface area contributed by atoms with Gasteiger partial charge in [-0.05, 0) is 24.6 Å². The average Bonchev–Trinajstić information content (AvgIpc) is 2.47. The molecule has 1 unspecified atom stereocenters. The highest BCUT2D eigenvalue weighted by molar-refractivity contribution is 7.99. The van der Waals surface area contributed by atoms with Crippen LogP contribution in [0.25, 0.3) is 0 Å². The smallest absolute Gasteiger partial charge is 0.242 e. The summed E-state index contributed by atoms with van der Waals surface area (Å²) < 4.78 is 5.63. The number of amides is 1. The minimum absolute atomic E-state index is 0.0409. The van der Waals surface area contributed by atoms with Gasteiger partial charge in [0.05, 0.1) is 18.3 Å². The van der Waals surface area contributed by atoms with Gasteiger partial charge >= 0.3 is 0 Å². The number of thioether (sulfide) groups is 1. The van der Waals surface area contributed by atoms with Crippen molar-refractivity contribution in [1.29, 1.82) is 0 Å². The Labute approximate surface area is 128 Å². The number of carbonyl (C=O) groups excluding carboxylic acids is 1. The standard InChI is InChI=1S/C14H19ClN2O2S/c1-2-6-19-13-4-3-10(15)8-11(13)17-14(18)12-9-20-7-5-16-12/h3-4,8,12,16H,2,5-7,9H2,1H3,(H,17,18). The van der Waals surface area contributed by atoms with Crippen LogP contribution in [0.5, 0.6) is 5.75 Å². The number of ether oxygens (including phenoxy) is 1. The third-order valence-corrected chi connectivity index (χ3v) is 4.20. The first-order valence-electron chi connectivity index (χ1n) is 6.75. The van der Waals surface area contributed by atoms with Crippen molar-refractivity contribution in [1.82, 2.24) is 5.32 Å². The van der Waals surface area contributed by atoms with Gasteiger partial charge in [0, 0.05) is 23.1 Å². The van der Waals surface area contributed by atoms with E-state index in [0.29, 0.717) is 23.1 Å². The van der Waals surface area contributed by atoms with Gasteiger partial charge in [0.1, 0.15) is 5.75 Å². The molecule has 1 aliphatic rings. The quantitative estimate of drug-likeness (QED) is 0.877. The molecule has 110 valence electrons. The van der Waals surface area contributed by atoms with Crippen LogP contribution in [0, 0.1) is 0 Å². The summed E-state index contributed by atoms with van der Waals surface area (Å²) in [5, 5.41) is 6.69. The maximum absolute atomic E-state index is 12.2. The van der Waals surface area contributed by atoms with Crippen LogP contribution in [-0.2, 0) is 4.79 Å². The van der Waals surface area contributed by atoms with Gasteiger partial charge in [-0.25, -0.2) is 0 Å². The van der Waals surface area contributed by atoms with Gasteiger partial charge < -0.3 is 15.4 Å². The lowest BCUT2D eigenvalue weighted by Crippen LogP contribution is -2.46. The molecule has 1 amide bonds. The zero-order valence-electron chi connectivity index (χ0n) is 11.4. The summed E-state index contributed by atoms with van der Waals surface area (Å²) in [4.78, 5) is 12.2. The van der Waals surface area contributed by atoms with Crippen molar-refractivity contribution in [2.24, 2.45) is 0 Å². The normalized spacial score (nSPS) is 18.6. The van der Waals surface area contributed by atoms with Gasteiger partial charge in [0.15, 0.2) is 0 Å². The Balaban J connectivity index is 2.06. The first-order valence-corrected chi connectivity index (χ1v) is 8.28. The van der Waals surface area contributed by atoms with Crippen LogP contribution in [0.15, 0.2) is 18.2 Å². The van der Waals surface area contributed by atoms with Gasteiger partial charge in [-0.1, -0.05) is 18.5 Å². The third-order valence-electron chi connectivity index (χ3n) is 2.90. The molecule has 1 atom stereocenters. The lowest BCUT2D eigenvalue weighted by Gasteiger charge is -2.23. The molecule has 20 heavy (non-hydrogen) atoms. The van der Waals surface area contributed by atoms with E-state index >= 15 is 0 Å². The maximum Gasteiger partial charge on any atom is 0.242 e. The van der Waals surface area contributed by atoms with Gasteiger partial charge in [-0.15, -0.1) is 0 Å². The van der Waals surface area contributed by atoms with E-state index in [2.05, 4.69) is 10.6 Å². The van der Waals surface area contributed by atoms with Crippen molar-refractivity contribution in [3.8, 4) is 5.75 Å². The van der Waals surface area contributed by atoms with E-state index in [1.54, 1.807) is 30.0 Å². The van der Waals surface area contributed by atoms with Crippen molar-refractivity contribution >= 4 is 35.0 Å². The largest absolute Gasteiger partial charge is 0.491 e. The molecule has 0 aliphatic carbocycles. The van der Waals surface area contributed by atoms with Crippen molar-refractivity contribution in [3.05, 3.63) is 23.2 Å². The van der Waals surface area contributed by atoms with E-state index in [9.17, 15) is 4.79 Å². The van der Waals surface area contributed by atoms with Crippen LogP contribution < -0.4 is 15.4 Å². The molecule has 1 fully saturated rings. The molecule has 0 aromatic heterocycles. The minimum Gasteiger partial charge on any atom is -0.491 e. The van der Waals surface area contributed by atoms with Crippen LogP contribution in [0.2, 0.25) is 5.02 Å². The number of halogens is 1. The minimum atomic E-state index is -0.160. The SMILES string of the molecule is CCCOc1ccc(Cl)cc1NC(=O)C1CSCCN1. The fourth-order valence-corrected chi connectivity index (χ4v) is 3.00. The maximum atomic E-state index is 12.2. The second-order valence-electron chi connectivity index (χ2n) is 4.56. The molecule has 6 heteroatoms. The summed E-state index contributed by atoms with van der Waals surface area (Å²) in [5.41, 5.74) is 0.633. The van der Waals surface area contributed by atoms with Crippen LogP contribution in [0.3, 0.4) is 0 Å². The van der Waals surface area contributed by atoms with Crippen molar-refractivity contribution < 1.29 is 9.53 Å². The Morgan fingerprint density at radius 3 is 3.15 bits per heavy atom. The molecule has 0 saturated carbocycles. The summed E-state index contributed by atoms with van der Waals surface area (Å²) in [6.45, 7) is 3.51. The zero-order valence-corrected chi connectivity index (χ0v) is 13.0. The van der Waals surface area contributed by atoms with Crippen LogP contribution in [-0.4, -0.2) is 36.6 Å². The number of carbonyl (C=O) groups is 1. The van der Waals surface area contributed by atoms with E-state index in [4.69, 9.17) is 16.3 Å². The molecule has 1 aliphatic heterocycles. The molecule has 2 rings (SSSR count). The molecule has 1 heterocycles. The Kier molecular flexibility index (Phi) is 6.01. The first kappa shape index (κ1) is 15.5. The van der Waals surface area contributed by atoms with Crippen LogP contribution >= 0.6 is 23.4 Å². The van der Waals surface area contributed by atoms with Gasteiger partial charge in [-0.2, -0.15) is 11.8 Å². The predicted molar refractivity (Wildman–Crippen MR) is 85.0 cm³/mol. The van der Waals surface area contributed by atoms with Gasteiger partial charge in [0.2, 0.25) is 5.91 Å². The van der Waals surface area contributed by atoms with E-state index in [-0.39, 0.29) is 11.9 Å². The Morgan fingerprint density at radius 2 is 2.45 bits per heavy atom. The summed E-state index contributed by atoms with van der Waals surface area (Å²) in [5.74, 6) is 2.46. The second kappa shape index (κ2) is 7.76. The highest BCUT2D eigenvalue weighted by atomic mass is 35.5. The van der Waals surface area contributed by atoms with Gasteiger partial charge in [0.25, 0.3) is 0 Å². The summed E-state index contributed by atoms with van der Waals surface area (Å²) in [6.07, 6.45) is 0.914. The van der Waals surface area contributed by atoms with Crippen molar-refractivity contribution in [2.75, 3.05) is 30.0 Å². The van der Waals surface area contributed by atoms with Crippen molar-refractivity contribution in [3.63, 3.8) is 0 Å². The van der Waals surface area contributed by atoms with E-state index in [1.807, 2.05) is 6.92 Å². The average molecular weight is 315 g/mol. The summed E-state index contributed by atoms with van der Waals surface area (Å²) in [6, 6.07) is 5.11. The second-order valence-corrected chi connectivity index (χ2v) is 6.15. The van der Waals surface area contributed by atoms with Crippen LogP contribution in [0.4, 0.5) is 5.69 Å². The number of hydrogen-bond donors (Lipinski definition) is 2. The Morgan fingerprint density at radius 1 is 1.60 bits per heavy atom. The number of hydrogen-bond acceptors (Lipinski definition) is 4. The van der Waals surface area contributed by atoms with Crippen LogP contribution in [0.1, 0.15) is 13.3 Å². The van der Waals surface area contributed by atoms with E-state index in [0.717, 1.165) is 24.5 Å². The molecule has 2 N–H and O–H groups in total. The highest BCUT2D eigenvalue weighted by Crippen LogP contribution is 2.28. The first-order chi connectivity index (χ1) is 9.70. The molecule has 4 nitrogen and oxygen atoms in total. The lowest BCUT2D eigenvalue weighted by atomic mass is 10.2. The van der Waals surface area contributed by atoms with E-state index < -0.39 is 0 Å². The summed E-state index contributed by atoms with van der Waals surface area (Å²) in [7, 11) is 0. The molecule has 1 aromatic carbocycles. The molecule has 0 spiro atoms. The molecular weight excluding hydrogens is 296 g/mol. The molecule has 1 aromatic rings. The monoisotopic (exact) mass is 314 g/mol. The molecule has 0 bridgehead atoms. The van der Waals surface area contributed by atoms with Crippen molar-refractivity contribution in [2.45, 2.75) is 19.4 Å². The molecule has 1 saturated heterocycles. The summed E-state index contributed by atoms with van der Waals surface area (Å²) >= 11 is 7.78. The topological polar surface area (TPSA) is 50.4 Å². The zero-order chi connectivity index (χ0) is 14.4. The Hall–Kier alpha value is -0.910. The highest BCUT2D eigenvalue weighted by Gasteiger charge is 2.21. The Bertz CT molecular complexity index is 464. The third kappa shape index (κ3) is 4.30. The molecule has 0 radical (unpaired) electrons. The number of benzene rings is 1. The lowest BCUT2D eigenvalue weighted by molar-refractivity contribution is -0.117. The number of anilines is 1. The number of nitrogens with one attached hydrogen (secondary N) is 2. The van der Waals surface area contributed by atoms with Gasteiger partial charge in [-0.3, -0.25) is 4.79 Å². The fourth-order valence-electron chi connectivity index (χ4n) is 1.89. The predicted octanol–water partition coefficient (Wildman–Crippen LogP) is 2.77. The number of rotatable bonds is 5. The fraction of sp³-hybridized carbons (Fsp3) is 0.500. The molecular formula is C14H19ClN2O2S. The van der Waals surface area contributed by atoms with E-state index in [1.165, 1.54) is 0 Å².